The van der Waals surface area contributed by atoms with E-state index in [-0.39, 0.29) is 19.0 Å². The summed E-state index contributed by atoms with van der Waals surface area (Å²) in [4.78, 5) is 19.0. The van der Waals surface area contributed by atoms with E-state index in [0.717, 1.165) is 22.2 Å². The number of nitrogens with zero attached hydrogens (tertiary/aromatic N) is 1. The highest BCUT2D eigenvalue weighted by molar-refractivity contribution is 7.21. The van der Waals surface area contributed by atoms with Gasteiger partial charge in [-0.2, -0.15) is 0 Å². The Labute approximate surface area is 188 Å². The van der Waals surface area contributed by atoms with Crippen LogP contribution in [0.15, 0.2) is 48.5 Å². The zero-order valence-electron chi connectivity index (χ0n) is 17.5. The summed E-state index contributed by atoms with van der Waals surface area (Å²) >= 11 is 1.31. The third-order valence-corrected chi connectivity index (χ3v) is 6.48. The number of fused-ring (bicyclic) bond motifs is 2. The summed E-state index contributed by atoms with van der Waals surface area (Å²) in [5.41, 5.74) is 9.27. The Morgan fingerprint density at radius 1 is 1.03 bits per heavy atom. The zero-order chi connectivity index (χ0) is 22.2. The number of hydrogen-bond acceptors (Lipinski definition) is 8. The first-order valence-electron chi connectivity index (χ1n) is 9.90. The minimum Gasteiger partial charge on any atom is -0.493 e. The fourth-order valence-electron chi connectivity index (χ4n) is 3.68. The van der Waals surface area contributed by atoms with Crippen LogP contribution in [0.5, 0.6) is 23.0 Å². The molecule has 0 aliphatic carbocycles. The summed E-state index contributed by atoms with van der Waals surface area (Å²) in [6.45, 7) is 0.198. The molecule has 4 aromatic rings. The number of aromatic nitrogens is 1. The lowest BCUT2D eigenvalue weighted by molar-refractivity contribution is 0.0997. The van der Waals surface area contributed by atoms with Gasteiger partial charge in [-0.1, -0.05) is 6.07 Å². The minimum atomic E-state index is -0.0583. The molecule has 5 rings (SSSR count). The van der Waals surface area contributed by atoms with Gasteiger partial charge in [-0.25, -0.2) is 4.98 Å². The lowest BCUT2D eigenvalue weighted by atomic mass is 10.1. The molecule has 2 aromatic carbocycles. The fraction of sp³-hybridized carbons (Fsp3) is 0.167. The molecule has 7 nitrogen and oxygen atoms in total. The molecule has 0 atom stereocenters. The monoisotopic (exact) mass is 448 g/mol. The van der Waals surface area contributed by atoms with Gasteiger partial charge >= 0.3 is 0 Å². The number of rotatable bonds is 6. The van der Waals surface area contributed by atoms with Crippen LogP contribution in [-0.2, 0) is 6.42 Å². The van der Waals surface area contributed by atoms with E-state index in [9.17, 15) is 4.79 Å². The molecule has 0 bridgehead atoms. The number of carbonyl (C=O) groups is 1. The standard InChI is InChI=1S/C24H20N2O5S/c1-28-18-8-4-14(11-20(18)29-2)16-6-5-15-22(25)23(32-24(15)26-16)17(27)9-13-3-7-19-21(10-13)31-12-30-19/h3-8,10-11H,9,12,25H2,1-2H3. The minimum absolute atomic E-state index is 0.0583. The van der Waals surface area contributed by atoms with E-state index < -0.39 is 0 Å². The molecule has 1 aliphatic heterocycles. The van der Waals surface area contributed by atoms with Crippen LogP contribution in [0, 0.1) is 0 Å². The second-order valence-corrected chi connectivity index (χ2v) is 8.25. The van der Waals surface area contributed by atoms with Crippen molar-refractivity contribution in [2.24, 2.45) is 0 Å². The number of ether oxygens (including phenoxy) is 4. The first kappa shape index (κ1) is 20.1. The maximum absolute atomic E-state index is 13.0. The number of Topliss-reactive ketones (excluding diaryl/α,β-unsaturated/α-hetero) is 1. The number of pyridine rings is 1. The van der Waals surface area contributed by atoms with Crippen molar-refractivity contribution >= 4 is 33.0 Å². The van der Waals surface area contributed by atoms with Crippen molar-refractivity contribution in [3.8, 4) is 34.3 Å². The van der Waals surface area contributed by atoms with E-state index in [1.807, 2.05) is 48.5 Å². The van der Waals surface area contributed by atoms with Crippen molar-refractivity contribution in [1.82, 2.24) is 4.98 Å². The third kappa shape index (κ3) is 3.48. The lowest BCUT2D eigenvalue weighted by Crippen LogP contribution is -2.04. The average molecular weight is 449 g/mol. The molecular weight excluding hydrogens is 428 g/mol. The molecule has 2 N–H and O–H groups in total. The van der Waals surface area contributed by atoms with Gasteiger partial charge in [0.15, 0.2) is 28.8 Å². The predicted octanol–water partition coefficient (Wildman–Crippen LogP) is 4.72. The summed E-state index contributed by atoms with van der Waals surface area (Å²) in [5, 5.41) is 0.772. The number of anilines is 1. The van der Waals surface area contributed by atoms with Crippen LogP contribution in [0.2, 0.25) is 0 Å². The Kier molecular flexibility index (Phi) is 5.07. The number of hydrogen-bond donors (Lipinski definition) is 1. The highest BCUT2D eigenvalue weighted by Crippen LogP contribution is 2.37. The van der Waals surface area contributed by atoms with Crippen LogP contribution in [0.3, 0.4) is 0 Å². The van der Waals surface area contributed by atoms with Crippen molar-refractivity contribution in [1.29, 1.82) is 0 Å². The van der Waals surface area contributed by atoms with Crippen molar-refractivity contribution in [2.45, 2.75) is 6.42 Å². The summed E-state index contributed by atoms with van der Waals surface area (Å²) in [6.07, 6.45) is 0.218. The van der Waals surface area contributed by atoms with Gasteiger partial charge in [0.05, 0.1) is 30.5 Å². The van der Waals surface area contributed by atoms with Gasteiger partial charge in [-0.15, -0.1) is 11.3 Å². The molecule has 2 aromatic heterocycles. The van der Waals surface area contributed by atoms with Crippen LogP contribution in [0.4, 0.5) is 5.69 Å². The molecule has 0 radical (unpaired) electrons. The largest absolute Gasteiger partial charge is 0.493 e. The number of benzene rings is 2. The number of methoxy groups -OCH3 is 2. The van der Waals surface area contributed by atoms with Gasteiger partial charge in [0.25, 0.3) is 0 Å². The van der Waals surface area contributed by atoms with Crippen molar-refractivity contribution < 1.29 is 23.7 Å². The van der Waals surface area contributed by atoms with Crippen LogP contribution in [0.1, 0.15) is 15.2 Å². The van der Waals surface area contributed by atoms with E-state index in [0.29, 0.717) is 38.4 Å². The van der Waals surface area contributed by atoms with Crippen LogP contribution in [0.25, 0.3) is 21.5 Å². The van der Waals surface area contributed by atoms with Gasteiger partial charge < -0.3 is 24.7 Å². The SMILES string of the molecule is COc1ccc(-c2ccc3c(N)c(C(=O)Cc4ccc5c(c4)OCO5)sc3n2)cc1OC. The molecule has 0 saturated heterocycles. The van der Waals surface area contributed by atoms with E-state index in [4.69, 9.17) is 29.7 Å². The van der Waals surface area contributed by atoms with Gasteiger partial charge in [-0.05, 0) is 48.0 Å². The van der Waals surface area contributed by atoms with Gasteiger partial charge in [-0.3, -0.25) is 4.79 Å². The van der Waals surface area contributed by atoms with Crippen molar-refractivity contribution in [3.63, 3.8) is 0 Å². The normalized spacial score (nSPS) is 12.2. The first-order chi connectivity index (χ1) is 15.6. The summed E-state index contributed by atoms with van der Waals surface area (Å²) in [5.74, 6) is 2.55. The molecule has 162 valence electrons. The molecule has 3 heterocycles. The van der Waals surface area contributed by atoms with E-state index >= 15 is 0 Å². The maximum Gasteiger partial charge on any atom is 0.231 e. The van der Waals surface area contributed by atoms with Crippen LogP contribution < -0.4 is 24.7 Å². The quantitative estimate of drug-likeness (QED) is 0.427. The van der Waals surface area contributed by atoms with Crippen LogP contribution >= 0.6 is 11.3 Å². The van der Waals surface area contributed by atoms with Crippen molar-refractivity contribution in [3.05, 3.63) is 59.0 Å². The highest BCUT2D eigenvalue weighted by Gasteiger charge is 2.20. The van der Waals surface area contributed by atoms with E-state index in [2.05, 4.69) is 0 Å². The molecule has 32 heavy (non-hydrogen) atoms. The molecule has 0 spiro atoms. The molecule has 8 heteroatoms. The van der Waals surface area contributed by atoms with Crippen LogP contribution in [-0.4, -0.2) is 31.8 Å². The molecule has 0 unspecified atom stereocenters. The molecule has 0 saturated carbocycles. The number of thiophene rings is 1. The fourth-order valence-corrected chi connectivity index (χ4v) is 4.71. The summed E-state index contributed by atoms with van der Waals surface area (Å²) in [6, 6.07) is 14.9. The van der Waals surface area contributed by atoms with E-state index in [1.54, 1.807) is 14.2 Å². The first-order valence-corrected chi connectivity index (χ1v) is 10.7. The summed E-state index contributed by atoms with van der Waals surface area (Å²) in [7, 11) is 3.19. The Hall–Kier alpha value is -3.78. The molecule has 0 amide bonds. The second-order valence-electron chi connectivity index (χ2n) is 7.25. The Morgan fingerprint density at radius 2 is 1.84 bits per heavy atom. The average Bonchev–Trinajstić information content (AvgIpc) is 3.42. The second kappa shape index (κ2) is 8.05. The number of nitrogen functional groups attached to an aromatic ring is 1. The van der Waals surface area contributed by atoms with E-state index in [1.165, 1.54) is 11.3 Å². The predicted molar refractivity (Wildman–Crippen MR) is 123 cm³/mol. The Morgan fingerprint density at radius 3 is 2.66 bits per heavy atom. The Bertz CT molecular complexity index is 1350. The van der Waals surface area contributed by atoms with Gasteiger partial charge in [0.1, 0.15) is 4.83 Å². The number of ketones is 1. The van der Waals surface area contributed by atoms with Crippen molar-refractivity contribution in [2.75, 3.05) is 26.7 Å². The molecule has 1 aliphatic rings. The smallest absolute Gasteiger partial charge is 0.231 e. The lowest BCUT2D eigenvalue weighted by Gasteiger charge is -2.09. The topological polar surface area (TPSA) is 92.9 Å². The zero-order valence-corrected chi connectivity index (χ0v) is 18.3. The number of carbonyl (C=O) groups excluding carboxylic acids is 1. The molecular formula is C24H20N2O5S. The maximum atomic E-state index is 13.0. The third-order valence-electron chi connectivity index (χ3n) is 5.33. The highest BCUT2D eigenvalue weighted by atomic mass is 32.1. The Balaban J connectivity index is 1.45. The number of nitrogens with two attached hydrogens (primary N) is 1. The van der Waals surface area contributed by atoms with Gasteiger partial charge in [0.2, 0.25) is 6.79 Å². The summed E-state index contributed by atoms with van der Waals surface area (Å²) < 4.78 is 21.4. The molecule has 0 fully saturated rings. The van der Waals surface area contributed by atoms with Gasteiger partial charge in [0, 0.05) is 17.4 Å².